The van der Waals surface area contributed by atoms with Crippen molar-refractivity contribution in [3.8, 4) is 17.1 Å². The van der Waals surface area contributed by atoms with Gasteiger partial charge in [0, 0.05) is 5.56 Å². The maximum Gasteiger partial charge on any atom is 0.344 e. The third kappa shape index (κ3) is 4.37. The fourth-order valence-corrected chi connectivity index (χ4v) is 2.65. The summed E-state index contributed by atoms with van der Waals surface area (Å²) in [5.74, 6) is -0.184. The minimum Gasteiger partial charge on any atom is -0.474 e. The molecule has 2 aromatic carbocycles. The van der Waals surface area contributed by atoms with Crippen LogP contribution in [0.3, 0.4) is 0 Å². The van der Waals surface area contributed by atoms with Gasteiger partial charge in [0.1, 0.15) is 5.58 Å². The molecular weight excluding hydrogens is 344 g/mol. The lowest BCUT2D eigenvalue weighted by atomic mass is 10.1. The normalized spacial score (nSPS) is 10.7. The molecule has 0 spiro atoms. The van der Waals surface area contributed by atoms with Crippen molar-refractivity contribution in [3.05, 3.63) is 64.3 Å². The van der Waals surface area contributed by atoms with Crippen molar-refractivity contribution in [2.45, 2.75) is 26.7 Å². The summed E-state index contributed by atoms with van der Waals surface area (Å²) < 4.78 is 16.6. The number of hydrogen-bond acceptors (Lipinski definition) is 5. The predicted octanol–water partition coefficient (Wildman–Crippen LogP) is 4.49. The van der Waals surface area contributed by atoms with Gasteiger partial charge in [-0.3, -0.25) is 4.79 Å². The van der Waals surface area contributed by atoms with Gasteiger partial charge in [0.2, 0.25) is 11.2 Å². The zero-order valence-corrected chi connectivity index (χ0v) is 15.5. The van der Waals surface area contributed by atoms with Crippen LogP contribution in [0.15, 0.2) is 57.7 Å². The molecule has 3 rings (SSSR count). The number of fused-ring (bicyclic) bond motifs is 1. The minimum absolute atomic E-state index is 0.0185. The molecule has 1 heterocycles. The van der Waals surface area contributed by atoms with Crippen LogP contribution < -0.4 is 10.2 Å². The van der Waals surface area contributed by atoms with E-state index < -0.39 is 5.97 Å². The van der Waals surface area contributed by atoms with Crippen LogP contribution in [0, 0.1) is 6.92 Å². The summed E-state index contributed by atoms with van der Waals surface area (Å²) in [4.78, 5) is 24.8. The maximum absolute atomic E-state index is 12.9. The van der Waals surface area contributed by atoms with Crippen molar-refractivity contribution in [1.82, 2.24) is 0 Å². The number of esters is 1. The van der Waals surface area contributed by atoms with Gasteiger partial charge >= 0.3 is 5.97 Å². The van der Waals surface area contributed by atoms with E-state index in [-0.39, 0.29) is 17.8 Å². The Balaban J connectivity index is 1.97. The highest BCUT2D eigenvalue weighted by atomic mass is 16.6. The predicted molar refractivity (Wildman–Crippen MR) is 104 cm³/mol. The van der Waals surface area contributed by atoms with Crippen molar-refractivity contribution in [1.29, 1.82) is 0 Å². The molecule has 0 N–H and O–H groups in total. The number of carbonyl (C=O) groups excluding carboxylic acids is 1. The van der Waals surface area contributed by atoms with Crippen LogP contribution in [-0.2, 0) is 9.53 Å². The SMILES string of the molecule is CCCCOC(=O)COc1c(-c2ccc(C)cc2)oc2ccccc2c1=O. The van der Waals surface area contributed by atoms with Gasteiger partial charge in [-0.05, 0) is 25.5 Å². The average molecular weight is 366 g/mol. The number of para-hydroxylation sites is 1. The Hall–Kier alpha value is -3.08. The minimum atomic E-state index is -0.508. The van der Waals surface area contributed by atoms with Crippen molar-refractivity contribution >= 4 is 16.9 Å². The molecule has 0 radical (unpaired) electrons. The Morgan fingerprint density at radius 1 is 1.07 bits per heavy atom. The number of benzene rings is 2. The van der Waals surface area contributed by atoms with Gasteiger partial charge in [0.25, 0.3) is 0 Å². The third-order valence-electron chi connectivity index (χ3n) is 4.17. The molecule has 0 unspecified atom stereocenters. The van der Waals surface area contributed by atoms with E-state index in [2.05, 4.69) is 0 Å². The molecule has 0 aliphatic heterocycles. The first-order valence-corrected chi connectivity index (χ1v) is 9.01. The van der Waals surface area contributed by atoms with Crippen LogP contribution in [0.1, 0.15) is 25.3 Å². The highest BCUT2D eigenvalue weighted by Gasteiger charge is 2.19. The number of carbonyl (C=O) groups is 1. The van der Waals surface area contributed by atoms with Crippen LogP contribution in [0.2, 0.25) is 0 Å². The van der Waals surface area contributed by atoms with E-state index in [9.17, 15) is 9.59 Å². The number of aryl methyl sites for hydroxylation is 1. The molecule has 5 nitrogen and oxygen atoms in total. The van der Waals surface area contributed by atoms with Gasteiger partial charge in [-0.2, -0.15) is 0 Å². The second-order valence-electron chi connectivity index (χ2n) is 6.31. The van der Waals surface area contributed by atoms with Crippen LogP contribution in [0.25, 0.3) is 22.3 Å². The van der Waals surface area contributed by atoms with E-state index in [4.69, 9.17) is 13.9 Å². The lowest BCUT2D eigenvalue weighted by Gasteiger charge is -2.11. The molecule has 140 valence electrons. The van der Waals surface area contributed by atoms with Crippen LogP contribution >= 0.6 is 0 Å². The molecule has 0 atom stereocenters. The molecule has 0 amide bonds. The lowest BCUT2D eigenvalue weighted by Crippen LogP contribution is -2.19. The molecule has 0 aliphatic rings. The van der Waals surface area contributed by atoms with Crippen molar-refractivity contribution in [3.63, 3.8) is 0 Å². The Bertz CT molecular complexity index is 986. The van der Waals surface area contributed by atoms with Crippen molar-refractivity contribution in [2.75, 3.05) is 13.2 Å². The van der Waals surface area contributed by atoms with E-state index >= 15 is 0 Å². The third-order valence-corrected chi connectivity index (χ3v) is 4.17. The van der Waals surface area contributed by atoms with Crippen LogP contribution in [0.5, 0.6) is 5.75 Å². The number of ether oxygens (including phenoxy) is 2. The largest absolute Gasteiger partial charge is 0.474 e. The lowest BCUT2D eigenvalue weighted by molar-refractivity contribution is -0.146. The van der Waals surface area contributed by atoms with E-state index in [1.807, 2.05) is 38.1 Å². The highest BCUT2D eigenvalue weighted by molar-refractivity contribution is 5.82. The summed E-state index contributed by atoms with van der Waals surface area (Å²) in [7, 11) is 0. The molecule has 0 saturated heterocycles. The van der Waals surface area contributed by atoms with Gasteiger partial charge in [0.05, 0.1) is 12.0 Å². The first-order valence-electron chi connectivity index (χ1n) is 9.01. The van der Waals surface area contributed by atoms with Crippen molar-refractivity contribution in [2.24, 2.45) is 0 Å². The van der Waals surface area contributed by atoms with Gasteiger partial charge in [-0.1, -0.05) is 55.3 Å². The summed E-state index contributed by atoms with van der Waals surface area (Å²) in [6, 6.07) is 14.5. The van der Waals surface area contributed by atoms with Gasteiger partial charge in [0.15, 0.2) is 12.4 Å². The van der Waals surface area contributed by atoms with Gasteiger partial charge in [-0.15, -0.1) is 0 Å². The quantitative estimate of drug-likeness (QED) is 0.455. The van der Waals surface area contributed by atoms with E-state index in [0.29, 0.717) is 28.9 Å². The van der Waals surface area contributed by atoms with Gasteiger partial charge in [-0.25, -0.2) is 4.79 Å². The Kier molecular flexibility index (Phi) is 5.91. The molecule has 27 heavy (non-hydrogen) atoms. The summed E-state index contributed by atoms with van der Waals surface area (Å²) in [5.41, 5.74) is 1.95. The molecule has 1 aromatic heterocycles. The van der Waals surface area contributed by atoms with E-state index in [0.717, 1.165) is 18.4 Å². The standard InChI is InChI=1S/C22H22O5/c1-3-4-13-25-19(23)14-26-22-20(24)17-7-5-6-8-18(17)27-21(22)16-11-9-15(2)10-12-16/h5-12H,3-4,13-14H2,1-2H3. The molecule has 0 bridgehead atoms. The van der Waals surface area contributed by atoms with Crippen molar-refractivity contribution < 1.29 is 18.7 Å². The fraction of sp³-hybridized carbons (Fsp3) is 0.273. The summed E-state index contributed by atoms with van der Waals surface area (Å²) in [6.45, 7) is 3.99. The monoisotopic (exact) mass is 366 g/mol. The van der Waals surface area contributed by atoms with E-state index in [1.165, 1.54) is 0 Å². The average Bonchev–Trinajstić information content (AvgIpc) is 2.68. The zero-order valence-electron chi connectivity index (χ0n) is 15.5. The molecule has 0 saturated carbocycles. The number of unbranched alkanes of at least 4 members (excludes halogenated alkanes) is 1. The molecule has 3 aromatic rings. The Labute approximate surface area is 157 Å². The van der Waals surface area contributed by atoms with Gasteiger partial charge < -0.3 is 13.9 Å². The van der Waals surface area contributed by atoms with Crippen LogP contribution in [-0.4, -0.2) is 19.2 Å². The number of hydrogen-bond donors (Lipinski definition) is 0. The highest BCUT2D eigenvalue weighted by Crippen LogP contribution is 2.31. The zero-order chi connectivity index (χ0) is 19.2. The van der Waals surface area contributed by atoms with Crippen LogP contribution in [0.4, 0.5) is 0 Å². The topological polar surface area (TPSA) is 65.7 Å². The summed E-state index contributed by atoms with van der Waals surface area (Å²) in [6.07, 6.45) is 1.72. The molecule has 5 heteroatoms. The summed E-state index contributed by atoms with van der Waals surface area (Å²) >= 11 is 0. The molecular formula is C22H22O5. The molecule has 0 fully saturated rings. The van der Waals surface area contributed by atoms with E-state index in [1.54, 1.807) is 24.3 Å². The maximum atomic E-state index is 12.9. The summed E-state index contributed by atoms with van der Waals surface area (Å²) in [5, 5.41) is 0.405. The molecule has 0 aliphatic carbocycles. The first kappa shape index (κ1) is 18.7. The smallest absolute Gasteiger partial charge is 0.344 e. The number of rotatable bonds is 7. The second kappa shape index (κ2) is 8.54. The second-order valence-corrected chi connectivity index (χ2v) is 6.31. The fourth-order valence-electron chi connectivity index (χ4n) is 2.65. The Morgan fingerprint density at radius 2 is 1.81 bits per heavy atom. The first-order chi connectivity index (χ1) is 13.1. The Morgan fingerprint density at radius 3 is 2.56 bits per heavy atom.